The zero-order chi connectivity index (χ0) is 26.4. The molecule has 0 spiro atoms. The second kappa shape index (κ2) is 9.15. The molecule has 17 nitrogen and oxygen atoms in total. The highest BCUT2D eigenvalue weighted by atomic mass is 32.2. The Kier molecular flexibility index (Phi) is 6.49. The molecule has 0 radical (unpaired) electrons. The minimum Gasteiger partial charge on any atom is -0.478 e. The number of aliphatic carboxylic acids is 1. The molecule has 1 aromatic rings. The number of nitrogens with zero attached hydrogens (tertiary/aromatic N) is 4. The van der Waals surface area contributed by atoms with E-state index < -0.39 is 70.2 Å². The predicted molar refractivity (Wildman–Crippen MR) is 119 cm³/mol. The van der Waals surface area contributed by atoms with E-state index in [2.05, 4.69) is 15.5 Å². The van der Waals surface area contributed by atoms with Crippen LogP contribution >= 0.6 is 11.3 Å². The number of amides is 3. The van der Waals surface area contributed by atoms with Gasteiger partial charge in [0.1, 0.15) is 17.8 Å². The van der Waals surface area contributed by atoms with Gasteiger partial charge in [-0.25, -0.2) is 18.9 Å². The van der Waals surface area contributed by atoms with E-state index in [9.17, 15) is 37.3 Å². The van der Waals surface area contributed by atoms with Crippen molar-refractivity contribution in [3.8, 4) is 0 Å². The van der Waals surface area contributed by atoms with Crippen LogP contribution in [0.4, 0.5) is 9.93 Å². The summed E-state index contributed by atoms with van der Waals surface area (Å²) in [5.41, 5.74) is 8.89. The van der Waals surface area contributed by atoms with Gasteiger partial charge in [-0.1, -0.05) is 5.16 Å². The number of ether oxygens (including phenoxy) is 1. The van der Waals surface area contributed by atoms with Gasteiger partial charge in [-0.15, -0.1) is 11.3 Å². The van der Waals surface area contributed by atoms with Crippen LogP contribution in [0.15, 0.2) is 10.5 Å². The van der Waals surface area contributed by atoms with E-state index in [0.717, 1.165) is 16.2 Å². The predicted octanol–water partition coefficient (Wildman–Crippen LogP) is -2.66. The number of aromatic nitrogens is 1. The number of thiazole rings is 1. The number of carboxylic acid groups (broad SMARTS) is 1. The molecule has 196 valence electrons. The van der Waals surface area contributed by atoms with Gasteiger partial charge >= 0.3 is 22.4 Å². The van der Waals surface area contributed by atoms with Gasteiger partial charge in [0.15, 0.2) is 10.8 Å². The number of cyclic esters (lactones) is 1. The number of anilines is 1. The SMILES string of the molecule is NC[C@@H]1CN(C[C@H]2[C@H](NC(=O)C(=NOC3(C(=O)O)CC3)c3csc(N)n3)C(=O)N2S(=O)(=O)O)C(=O)O1. The molecular formula is C17H21N7O10S2. The highest BCUT2D eigenvalue weighted by molar-refractivity contribution is 7.84. The molecule has 3 aliphatic rings. The monoisotopic (exact) mass is 547 g/mol. The molecule has 3 heterocycles. The van der Waals surface area contributed by atoms with Crippen molar-refractivity contribution in [3.05, 3.63) is 11.1 Å². The number of nitrogens with one attached hydrogen (secondary N) is 1. The summed E-state index contributed by atoms with van der Waals surface area (Å²) in [4.78, 5) is 59.1. The van der Waals surface area contributed by atoms with Gasteiger partial charge in [0.25, 0.3) is 11.8 Å². The van der Waals surface area contributed by atoms with Crippen LogP contribution in [-0.2, 0) is 34.3 Å². The molecule has 36 heavy (non-hydrogen) atoms. The largest absolute Gasteiger partial charge is 0.478 e. The fraction of sp³-hybridized carbons (Fsp3) is 0.529. The Balaban J connectivity index is 1.56. The molecule has 1 saturated carbocycles. The maximum absolute atomic E-state index is 13.1. The first-order valence-electron chi connectivity index (χ1n) is 10.3. The minimum atomic E-state index is -5.03. The molecule has 19 heteroatoms. The average Bonchev–Trinajstić information content (AvgIpc) is 3.34. The van der Waals surface area contributed by atoms with E-state index in [-0.39, 0.29) is 41.1 Å². The number of oxime groups is 1. The smallest absolute Gasteiger partial charge is 0.410 e. The Labute approximate surface area is 206 Å². The maximum atomic E-state index is 13.1. The number of nitrogen functional groups attached to an aromatic ring is 1. The molecule has 3 fully saturated rings. The molecule has 0 aromatic carbocycles. The number of hydrogen-bond acceptors (Lipinski definition) is 13. The van der Waals surface area contributed by atoms with Gasteiger partial charge in [0, 0.05) is 31.3 Å². The van der Waals surface area contributed by atoms with Crippen molar-refractivity contribution < 1.29 is 46.8 Å². The van der Waals surface area contributed by atoms with Crippen molar-refractivity contribution in [2.75, 3.05) is 25.4 Å². The first-order valence-corrected chi connectivity index (χ1v) is 12.6. The highest BCUT2D eigenvalue weighted by Crippen LogP contribution is 2.40. The van der Waals surface area contributed by atoms with Crippen LogP contribution in [0.25, 0.3) is 0 Å². The molecule has 7 N–H and O–H groups in total. The fourth-order valence-corrected chi connectivity index (χ4v) is 5.03. The normalized spacial score (nSPS) is 25.3. The Morgan fingerprint density at radius 1 is 1.39 bits per heavy atom. The third kappa shape index (κ3) is 4.76. The third-order valence-corrected chi connectivity index (χ3v) is 7.33. The molecule has 4 rings (SSSR count). The lowest BCUT2D eigenvalue weighted by Crippen LogP contribution is -2.74. The second-order valence-electron chi connectivity index (χ2n) is 8.18. The number of carbonyl (C=O) groups is 4. The quantitative estimate of drug-likeness (QED) is 0.0868. The number of carbonyl (C=O) groups excluding carboxylic acids is 3. The summed E-state index contributed by atoms with van der Waals surface area (Å²) in [6.45, 7) is -0.418. The summed E-state index contributed by atoms with van der Waals surface area (Å²) in [5.74, 6) is -3.53. The van der Waals surface area contributed by atoms with Crippen molar-refractivity contribution in [3.63, 3.8) is 0 Å². The van der Waals surface area contributed by atoms with Crippen molar-refractivity contribution in [1.82, 2.24) is 19.5 Å². The summed E-state index contributed by atoms with van der Waals surface area (Å²) in [7, 11) is -5.03. The maximum Gasteiger partial charge on any atom is 0.410 e. The Morgan fingerprint density at radius 3 is 2.58 bits per heavy atom. The number of β-lactam (4-membered cyclic amide) rings is 1. The minimum absolute atomic E-state index is 0.00243. The zero-order valence-electron chi connectivity index (χ0n) is 18.3. The molecular weight excluding hydrogens is 526 g/mol. The standard InChI is InChI=1S/C17H21N7O10S2/c18-3-7-4-23(16(29)33-7)5-9-11(13(26)24(9)36(30,31)32)21-12(25)10(8-6-35-15(19)20-8)22-34-17(1-2-17)14(27)28/h6-7,9,11H,1-5,18H2,(H2,19,20)(H,21,25)(H,27,28)(H,30,31,32)/t7-,9+,11+/m1/s1. The molecule has 1 aliphatic carbocycles. The van der Waals surface area contributed by atoms with Crippen molar-refractivity contribution in [1.29, 1.82) is 0 Å². The molecule has 1 aromatic heterocycles. The summed E-state index contributed by atoms with van der Waals surface area (Å²) in [5, 5.41) is 16.6. The second-order valence-corrected chi connectivity index (χ2v) is 10.4. The molecule has 3 amide bonds. The summed E-state index contributed by atoms with van der Waals surface area (Å²) in [6.07, 6.45) is -1.16. The van der Waals surface area contributed by atoms with E-state index in [1.54, 1.807) is 0 Å². The van der Waals surface area contributed by atoms with Gasteiger partial charge < -0.3 is 36.4 Å². The van der Waals surface area contributed by atoms with Gasteiger partial charge in [0.2, 0.25) is 5.60 Å². The van der Waals surface area contributed by atoms with Crippen molar-refractivity contribution in [2.24, 2.45) is 10.9 Å². The zero-order valence-corrected chi connectivity index (χ0v) is 19.9. The van der Waals surface area contributed by atoms with Crippen LogP contribution in [0, 0.1) is 0 Å². The first-order chi connectivity index (χ1) is 16.9. The number of carboxylic acids is 1. The summed E-state index contributed by atoms with van der Waals surface area (Å²) in [6, 6.07) is -2.91. The number of nitrogens with two attached hydrogens (primary N) is 2. The van der Waals surface area contributed by atoms with Crippen LogP contribution < -0.4 is 16.8 Å². The Morgan fingerprint density at radius 2 is 2.08 bits per heavy atom. The van der Waals surface area contributed by atoms with Crippen LogP contribution in [0.1, 0.15) is 18.5 Å². The number of hydrogen-bond donors (Lipinski definition) is 5. The van der Waals surface area contributed by atoms with Gasteiger partial charge in [0.05, 0.1) is 12.6 Å². The van der Waals surface area contributed by atoms with Crippen LogP contribution in [0.2, 0.25) is 0 Å². The first kappa shape index (κ1) is 25.5. The average molecular weight is 548 g/mol. The van der Waals surface area contributed by atoms with E-state index in [4.69, 9.17) is 21.0 Å². The molecule has 2 aliphatic heterocycles. The van der Waals surface area contributed by atoms with Crippen LogP contribution in [-0.4, -0.2) is 105 Å². The van der Waals surface area contributed by atoms with Crippen molar-refractivity contribution >= 4 is 56.4 Å². The highest BCUT2D eigenvalue weighted by Gasteiger charge is 2.56. The Hall–Kier alpha value is -3.55. The van der Waals surface area contributed by atoms with Crippen molar-refractivity contribution in [2.45, 2.75) is 36.6 Å². The summed E-state index contributed by atoms with van der Waals surface area (Å²) >= 11 is 0.951. The lowest BCUT2D eigenvalue weighted by Gasteiger charge is -2.45. The molecule has 0 unspecified atom stereocenters. The fourth-order valence-electron chi connectivity index (χ4n) is 3.61. The van der Waals surface area contributed by atoms with Crippen LogP contribution in [0.5, 0.6) is 0 Å². The number of rotatable bonds is 10. The van der Waals surface area contributed by atoms with Gasteiger partial charge in [-0.2, -0.15) is 8.42 Å². The van der Waals surface area contributed by atoms with E-state index >= 15 is 0 Å². The van der Waals surface area contributed by atoms with Gasteiger partial charge in [-0.3, -0.25) is 14.1 Å². The molecule has 3 atom stereocenters. The lowest BCUT2D eigenvalue weighted by molar-refractivity contribution is -0.153. The van der Waals surface area contributed by atoms with E-state index in [0.29, 0.717) is 0 Å². The third-order valence-electron chi connectivity index (χ3n) is 5.71. The Bertz CT molecular complexity index is 1240. The van der Waals surface area contributed by atoms with Gasteiger partial charge in [-0.05, 0) is 0 Å². The topological polar surface area (TPSA) is 257 Å². The van der Waals surface area contributed by atoms with E-state index in [1.165, 1.54) is 5.38 Å². The summed E-state index contributed by atoms with van der Waals surface area (Å²) < 4.78 is 38.1. The molecule has 0 bridgehead atoms. The van der Waals surface area contributed by atoms with E-state index in [1.807, 2.05) is 0 Å². The lowest BCUT2D eigenvalue weighted by atomic mass is 9.97. The molecule has 2 saturated heterocycles. The van der Waals surface area contributed by atoms with Crippen LogP contribution in [0.3, 0.4) is 0 Å².